The monoisotopic (exact) mass is 316 g/mol. The highest BCUT2D eigenvalue weighted by Crippen LogP contribution is 2.65. The maximum absolute atomic E-state index is 10.3. The van der Waals surface area contributed by atoms with E-state index in [1.807, 2.05) is 6.92 Å². The third-order valence-corrected chi connectivity index (χ3v) is 8.20. The Bertz CT molecular complexity index is 560. The first-order valence-corrected chi connectivity index (χ1v) is 9.63. The Labute approximate surface area is 140 Å². The topological polar surface area (TPSA) is 40.5 Å². The maximum atomic E-state index is 10.3. The molecule has 2 heteroatoms. The molecule has 3 fully saturated rings. The van der Waals surface area contributed by atoms with E-state index in [1.54, 1.807) is 5.57 Å². The summed E-state index contributed by atoms with van der Waals surface area (Å²) in [6, 6.07) is 0. The summed E-state index contributed by atoms with van der Waals surface area (Å²) in [5.41, 5.74) is 3.71. The Hall–Kier alpha value is -0.600. The number of hydrogen-bond acceptors (Lipinski definition) is 2. The SMILES string of the molecule is CC(O)[C@H]1CC[C@H]2C3=CC=C4C[C@@H](O)CC[C@]4(C)[C@H]3CC[C@]12C. The molecule has 4 aliphatic carbocycles. The van der Waals surface area contributed by atoms with E-state index in [-0.39, 0.29) is 23.0 Å². The normalized spacial score (nSPS) is 50.3. The molecule has 4 rings (SSSR count). The fourth-order valence-corrected chi connectivity index (χ4v) is 6.82. The number of fused-ring (bicyclic) bond motifs is 5. The molecule has 4 aliphatic rings. The van der Waals surface area contributed by atoms with E-state index < -0.39 is 0 Å². The lowest BCUT2D eigenvalue weighted by molar-refractivity contribution is 0.00425. The molecule has 0 aromatic carbocycles. The highest BCUT2D eigenvalue weighted by Gasteiger charge is 2.56. The maximum Gasteiger partial charge on any atom is 0.0578 e. The zero-order valence-electron chi connectivity index (χ0n) is 14.9. The van der Waals surface area contributed by atoms with Crippen molar-refractivity contribution in [1.82, 2.24) is 0 Å². The van der Waals surface area contributed by atoms with Crippen LogP contribution in [0.5, 0.6) is 0 Å². The van der Waals surface area contributed by atoms with Crippen LogP contribution in [0.2, 0.25) is 0 Å². The van der Waals surface area contributed by atoms with Gasteiger partial charge in [0, 0.05) is 0 Å². The third kappa shape index (κ3) is 2.14. The van der Waals surface area contributed by atoms with Crippen LogP contribution in [0.1, 0.15) is 65.7 Å². The molecule has 1 unspecified atom stereocenters. The Morgan fingerprint density at radius 3 is 2.57 bits per heavy atom. The minimum Gasteiger partial charge on any atom is -0.393 e. The van der Waals surface area contributed by atoms with Crippen LogP contribution >= 0.6 is 0 Å². The fraction of sp³-hybridized carbons (Fsp3) is 0.810. The van der Waals surface area contributed by atoms with Crippen LogP contribution < -0.4 is 0 Å². The largest absolute Gasteiger partial charge is 0.393 e. The minimum absolute atomic E-state index is 0.135. The minimum atomic E-state index is -0.183. The van der Waals surface area contributed by atoms with Gasteiger partial charge in [0.25, 0.3) is 0 Å². The van der Waals surface area contributed by atoms with E-state index >= 15 is 0 Å². The number of allylic oxidation sites excluding steroid dienone is 3. The van der Waals surface area contributed by atoms with Crippen LogP contribution in [0.15, 0.2) is 23.3 Å². The van der Waals surface area contributed by atoms with Crippen LogP contribution in [-0.4, -0.2) is 22.4 Å². The van der Waals surface area contributed by atoms with Crippen LogP contribution in [0, 0.1) is 28.6 Å². The molecule has 2 nitrogen and oxygen atoms in total. The highest BCUT2D eigenvalue weighted by molar-refractivity contribution is 5.38. The summed E-state index contributed by atoms with van der Waals surface area (Å²) in [5, 5.41) is 20.3. The van der Waals surface area contributed by atoms with Crippen molar-refractivity contribution in [2.45, 2.75) is 77.9 Å². The summed E-state index contributed by atoms with van der Waals surface area (Å²) in [5.74, 6) is 1.78. The predicted molar refractivity (Wildman–Crippen MR) is 92.9 cm³/mol. The smallest absolute Gasteiger partial charge is 0.0578 e. The van der Waals surface area contributed by atoms with E-state index in [0.29, 0.717) is 17.8 Å². The second kappa shape index (κ2) is 5.20. The lowest BCUT2D eigenvalue weighted by Gasteiger charge is -2.55. The second-order valence-electron chi connectivity index (χ2n) is 9.25. The van der Waals surface area contributed by atoms with Gasteiger partial charge < -0.3 is 10.2 Å². The molecule has 0 heterocycles. The summed E-state index contributed by atoms with van der Waals surface area (Å²) >= 11 is 0. The van der Waals surface area contributed by atoms with Gasteiger partial charge in [-0.3, -0.25) is 0 Å². The molecule has 3 saturated carbocycles. The lowest BCUT2D eigenvalue weighted by atomic mass is 9.50. The number of rotatable bonds is 1. The first-order valence-electron chi connectivity index (χ1n) is 9.63. The first kappa shape index (κ1) is 15.9. The molecule has 0 amide bonds. The van der Waals surface area contributed by atoms with Crippen LogP contribution in [0.3, 0.4) is 0 Å². The summed E-state index contributed by atoms with van der Waals surface area (Å²) < 4.78 is 0. The van der Waals surface area contributed by atoms with E-state index in [9.17, 15) is 10.2 Å². The van der Waals surface area contributed by atoms with Crippen molar-refractivity contribution in [3.63, 3.8) is 0 Å². The highest BCUT2D eigenvalue weighted by atomic mass is 16.3. The van der Waals surface area contributed by atoms with Gasteiger partial charge in [-0.25, -0.2) is 0 Å². The summed E-state index contributed by atoms with van der Waals surface area (Å²) in [6.07, 6.45) is 12.3. The fourth-order valence-electron chi connectivity index (χ4n) is 6.82. The molecule has 128 valence electrons. The quantitative estimate of drug-likeness (QED) is 0.760. The third-order valence-electron chi connectivity index (χ3n) is 8.20. The molecule has 2 N–H and O–H groups in total. The summed E-state index contributed by atoms with van der Waals surface area (Å²) in [7, 11) is 0. The molecule has 0 spiro atoms. The van der Waals surface area contributed by atoms with Crippen molar-refractivity contribution in [3.05, 3.63) is 23.3 Å². The van der Waals surface area contributed by atoms with Gasteiger partial charge in [-0.15, -0.1) is 0 Å². The van der Waals surface area contributed by atoms with E-state index in [2.05, 4.69) is 26.0 Å². The van der Waals surface area contributed by atoms with Crippen LogP contribution in [-0.2, 0) is 0 Å². The molecule has 0 saturated heterocycles. The van der Waals surface area contributed by atoms with Crippen molar-refractivity contribution >= 4 is 0 Å². The predicted octanol–water partition coefficient (Wildman–Crippen LogP) is 4.23. The average molecular weight is 316 g/mol. The van der Waals surface area contributed by atoms with Gasteiger partial charge in [-0.05, 0) is 80.5 Å². The first-order chi connectivity index (χ1) is 10.9. The molecule has 0 radical (unpaired) electrons. The standard InChI is InChI=1S/C21H32O2/c1-13(22)17-6-7-18-16-5-4-14-12-15(23)8-10-20(14,2)19(16)9-11-21(17,18)3/h4-5,13,15,17-19,22-23H,6-12H2,1-3H3/t13?,15-,17+,18-,19-,20-,21+/m0/s1. The van der Waals surface area contributed by atoms with Crippen LogP contribution in [0.25, 0.3) is 0 Å². The van der Waals surface area contributed by atoms with E-state index in [0.717, 1.165) is 19.3 Å². The zero-order chi connectivity index (χ0) is 16.4. The van der Waals surface area contributed by atoms with Crippen molar-refractivity contribution in [2.75, 3.05) is 0 Å². The summed E-state index contributed by atoms with van der Waals surface area (Å²) in [6.45, 7) is 6.87. The number of hydrogen-bond donors (Lipinski definition) is 2. The van der Waals surface area contributed by atoms with Gasteiger partial charge in [-0.1, -0.05) is 37.1 Å². The number of aliphatic hydroxyl groups is 2. The van der Waals surface area contributed by atoms with Gasteiger partial charge in [0.05, 0.1) is 12.2 Å². The van der Waals surface area contributed by atoms with Gasteiger partial charge in [0.15, 0.2) is 0 Å². The Morgan fingerprint density at radius 2 is 1.83 bits per heavy atom. The van der Waals surface area contributed by atoms with Gasteiger partial charge >= 0.3 is 0 Å². The van der Waals surface area contributed by atoms with Crippen LogP contribution in [0.4, 0.5) is 0 Å². The molecule has 0 aromatic rings. The van der Waals surface area contributed by atoms with Crippen molar-refractivity contribution in [2.24, 2.45) is 28.6 Å². The Morgan fingerprint density at radius 1 is 1.04 bits per heavy atom. The lowest BCUT2D eigenvalue weighted by Crippen LogP contribution is -2.47. The molecule has 7 atom stereocenters. The molecular formula is C21H32O2. The van der Waals surface area contributed by atoms with Gasteiger partial charge in [-0.2, -0.15) is 0 Å². The van der Waals surface area contributed by atoms with Crippen molar-refractivity contribution in [3.8, 4) is 0 Å². The Kier molecular flexibility index (Phi) is 3.59. The molecule has 0 aliphatic heterocycles. The van der Waals surface area contributed by atoms with Crippen molar-refractivity contribution in [1.29, 1.82) is 0 Å². The molecular weight excluding hydrogens is 284 g/mol. The van der Waals surface area contributed by atoms with Crippen molar-refractivity contribution < 1.29 is 10.2 Å². The second-order valence-corrected chi connectivity index (χ2v) is 9.25. The van der Waals surface area contributed by atoms with Gasteiger partial charge in [0.2, 0.25) is 0 Å². The molecule has 23 heavy (non-hydrogen) atoms. The molecule has 0 bridgehead atoms. The molecule has 0 aromatic heterocycles. The average Bonchev–Trinajstić information content (AvgIpc) is 2.85. The van der Waals surface area contributed by atoms with Gasteiger partial charge in [0.1, 0.15) is 0 Å². The number of aliphatic hydroxyl groups excluding tert-OH is 2. The summed E-state index contributed by atoms with van der Waals surface area (Å²) in [4.78, 5) is 0. The Balaban J connectivity index is 1.71. The zero-order valence-corrected chi connectivity index (χ0v) is 14.9. The van der Waals surface area contributed by atoms with E-state index in [4.69, 9.17) is 0 Å². The van der Waals surface area contributed by atoms with E-state index in [1.165, 1.54) is 31.3 Å².